The highest BCUT2D eigenvalue weighted by Crippen LogP contribution is 2.38. The Balaban J connectivity index is 1.71. The average molecular weight is 347 g/mol. The number of nitrogens with zero attached hydrogens (tertiary/aromatic N) is 1. The maximum atomic E-state index is 12.6. The van der Waals surface area contributed by atoms with Gasteiger partial charge in [-0.15, -0.1) is 11.3 Å². The lowest BCUT2D eigenvalue weighted by atomic mass is 10.1. The summed E-state index contributed by atoms with van der Waals surface area (Å²) < 4.78 is 5.31. The maximum Gasteiger partial charge on any atom is 0.251 e. The van der Waals surface area contributed by atoms with Gasteiger partial charge < -0.3 is 15.5 Å². The van der Waals surface area contributed by atoms with E-state index in [2.05, 4.69) is 5.32 Å². The van der Waals surface area contributed by atoms with Crippen LogP contribution in [0, 0.1) is 0 Å². The fourth-order valence-electron chi connectivity index (χ4n) is 2.95. The number of carbonyl (C=O) groups excluding carboxylic acids is 2. The third-order valence-corrected chi connectivity index (χ3v) is 5.64. The molecule has 24 heavy (non-hydrogen) atoms. The standard InChI is InChI=1S/C17H21N3O3S/c1-10(20(2)9-11-5-4-8-23-11)16(22)19-17-14(15(18)21)12-6-3-7-13(12)24-17/h4-5,8,10H,3,6-7,9H2,1-2H3,(H2,18,21)(H,19,22)/t10-/m0/s1. The summed E-state index contributed by atoms with van der Waals surface area (Å²) in [5.74, 6) is 0.165. The Morgan fingerprint density at radius 1 is 1.46 bits per heavy atom. The number of hydrogen-bond acceptors (Lipinski definition) is 5. The number of amides is 2. The summed E-state index contributed by atoms with van der Waals surface area (Å²) in [6, 6.07) is 3.32. The first kappa shape index (κ1) is 16.7. The van der Waals surface area contributed by atoms with Crippen LogP contribution in [0.2, 0.25) is 0 Å². The summed E-state index contributed by atoms with van der Waals surface area (Å²) in [6.45, 7) is 2.36. The summed E-state index contributed by atoms with van der Waals surface area (Å²) in [5.41, 5.74) is 7.03. The second kappa shape index (κ2) is 6.78. The van der Waals surface area contributed by atoms with Crippen molar-refractivity contribution in [3.8, 4) is 0 Å². The zero-order chi connectivity index (χ0) is 17.3. The second-order valence-corrected chi connectivity index (χ2v) is 7.19. The Hall–Kier alpha value is -2.12. The van der Waals surface area contributed by atoms with Gasteiger partial charge in [0.1, 0.15) is 10.8 Å². The first-order valence-corrected chi connectivity index (χ1v) is 8.77. The zero-order valence-electron chi connectivity index (χ0n) is 13.8. The number of hydrogen-bond donors (Lipinski definition) is 2. The summed E-state index contributed by atoms with van der Waals surface area (Å²) in [4.78, 5) is 27.4. The molecule has 0 fully saturated rings. The normalized spacial score (nSPS) is 14.6. The predicted octanol–water partition coefficient (Wildman–Crippen LogP) is 2.39. The molecule has 0 aromatic carbocycles. The molecular formula is C17H21N3O3S. The number of nitrogens with two attached hydrogens (primary N) is 1. The van der Waals surface area contributed by atoms with Gasteiger partial charge in [0.15, 0.2) is 0 Å². The first-order valence-electron chi connectivity index (χ1n) is 7.95. The van der Waals surface area contributed by atoms with Crippen LogP contribution in [0.3, 0.4) is 0 Å². The van der Waals surface area contributed by atoms with Crippen molar-refractivity contribution in [2.45, 2.75) is 38.8 Å². The fraction of sp³-hybridized carbons (Fsp3) is 0.412. The van der Waals surface area contributed by atoms with E-state index in [4.69, 9.17) is 10.2 Å². The molecule has 3 N–H and O–H groups in total. The van der Waals surface area contributed by atoms with Gasteiger partial charge in [0.25, 0.3) is 5.91 Å². The van der Waals surface area contributed by atoms with Gasteiger partial charge in [-0.3, -0.25) is 14.5 Å². The van der Waals surface area contributed by atoms with Gasteiger partial charge in [0.2, 0.25) is 5.91 Å². The van der Waals surface area contributed by atoms with Crippen molar-refractivity contribution < 1.29 is 14.0 Å². The van der Waals surface area contributed by atoms with Crippen LogP contribution in [-0.4, -0.2) is 29.8 Å². The van der Waals surface area contributed by atoms with Gasteiger partial charge in [0, 0.05) is 4.88 Å². The Kier molecular flexibility index (Phi) is 4.73. The molecule has 2 aromatic rings. The monoisotopic (exact) mass is 347 g/mol. The average Bonchev–Trinajstić information content (AvgIpc) is 3.22. The molecule has 0 saturated carbocycles. The van der Waals surface area contributed by atoms with Gasteiger partial charge in [0.05, 0.1) is 24.4 Å². The molecule has 3 rings (SSSR count). The minimum atomic E-state index is -0.471. The van der Waals surface area contributed by atoms with E-state index < -0.39 is 5.91 Å². The van der Waals surface area contributed by atoms with Crippen LogP contribution >= 0.6 is 11.3 Å². The van der Waals surface area contributed by atoms with Crippen LogP contribution in [-0.2, 0) is 24.2 Å². The fourth-order valence-corrected chi connectivity index (χ4v) is 4.25. The third-order valence-electron chi connectivity index (χ3n) is 4.43. The number of thiophene rings is 1. The number of rotatable bonds is 6. The Bertz CT molecular complexity index is 751. The Morgan fingerprint density at radius 2 is 2.25 bits per heavy atom. The number of fused-ring (bicyclic) bond motifs is 1. The van der Waals surface area contributed by atoms with E-state index >= 15 is 0 Å². The van der Waals surface area contributed by atoms with Gasteiger partial charge in [-0.2, -0.15) is 0 Å². The molecular weight excluding hydrogens is 326 g/mol. The van der Waals surface area contributed by atoms with Crippen LogP contribution in [0.15, 0.2) is 22.8 Å². The minimum absolute atomic E-state index is 0.161. The maximum absolute atomic E-state index is 12.6. The lowest BCUT2D eigenvalue weighted by Gasteiger charge is -2.22. The Morgan fingerprint density at radius 3 is 2.92 bits per heavy atom. The van der Waals surface area contributed by atoms with E-state index in [0.29, 0.717) is 17.1 Å². The largest absolute Gasteiger partial charge is 0.468 e. The molecule has 1 aliphatic rings. The van der Waals surface area contributed by atoms with Crippen molar-refractivity contribution in [3.05, 3.63) is 40.2 Å². The number of nitrogens with one attached hydrogen (secondary N) is 1. The van der Waals surface area contributed by atoms with E-state index in [1.165, 1.54) is 11.3 Å². The van der Waals surface area contributed by atoms with Crippen LogP contribution in [0.4, 0.5) is 5.00 Å². The molecule has 0 unspecified atom stereocenters. The molecule has 128 valence electrons. The molecule has 7 heteroatoms. The third kappa shape index (κ3) is 3.22. The first-order chi connectivity index (χ1) is 11.5. The van der Waals surface area contributed by atoms with Crippen LogP contribution in [0.1, 0.15) is 39.9 Å². The van der Waals surface area contributed by atoms with Crippen LogP contribution < -0.4 is 11.1 Å². The van der Waals surface area contributed by atoms with Gasteiger partial charge in [-0.1, -0.05) is 0 Å². The number of furan rings is 1. The van der Waals surface area contributed by atoms with Crippen molar-refractivity contribution in [2.24, 2.45) is 5.73 Å². The van der Waals surface area contributed by atoms with Crippen LogP contribution in [0.5, 0.6) is 0 Å². The molecule has 2 heterocycles. The predicted molar refractivity (Wildman–Crippen MR) is 93.1 cm³/mol. The van der Waals surface area contributed by atoms with Gasteiger partial charge >= 0.3 is 0 Å². The highest BCUT2D eigenvalue weighted by atomic mass is 32.1. The summed E-state index contributed by atoms with van der Waals surface area (Å²) in [6.07, 6.45) is 4.45. The lowest BCUT2D eigenvalue weighted by molar-refractivity contribution is -0.120. The molecule has 0 bridgehead atoms. The highest BCUT2D eigenvalue weighted by Gasteiger charge is 2.27. The van der Waals surface area contributed by atoms with Crippen molar-refractivity contribution in [2.75, 3.05) is 12.4 Å². The number of primary amides is 1. The molecule has 2 amide bonds. The molecule has 1 aliphatic carbocycles. The molecule has 1 atom stereocenters. The highest BCUT2D eigenvalue weighted by molar-refractivity contribution is 7.17. The minimum Gasteiger partial charge on any atom is -0.468 e. The van der Waals surface area contributed by atoms with Crippen LogP contribution in [0.25, 0.3) is 0 Å². The van der Waals surface area contributed by atoms with E-state index in [9.17, 15) is 9.59 Å². The smallest absolute Gasteiger partial charge is 0.251 e. The molecule has 0 saturated heterocycles. The van der Waals surface area contributed by atoms with E-state index in [-0.39, 0.29) is 11.9 Å². The summed E-state index contributed by atoms with van der Waals surface area (Å²) >= 11 is 1.47. The number of anilines is 1. The van der Waals surface area contributed by atoms with Gasteiger partial charge in [-0.25, -0.2) is 0 Å². The van der Waals surface area contributed by atoms with Crippen molar-refractivity contribution in [1.82, 2.24) is 4.90 Å². The number of likely N-dealkylation sites (N-methyl/N-ethyl adjacent to an activating group) is 1. The summed E-state index contributed by atoms with van der Waals surface area (Å²) in [5, 5.41) is 3.47. The molecule has 0 spiro atoms. The SMILES string of the molecule is C[C@@H](C(=O)Nc1sc2c(c1C(N)=O)CCC2)N(C)Cc1ccco1. The number of aryl methyl sites for hydroxylation is 1. The van der Waals surface area contributed by atoms with Gasteiger partial charge in [-0.05, 0) is 50.9 Å². The topological polar surface area (TPSA) is 88.6 Å². The lowest BCUT2D eigenvalue weighted by Crippen LogP contribution is -2.39. The molecule has 0 aliphatic heterocycles. The zero-order valence-corrected chi connectivity index (χ0v) is 14.6. The van der Waals surface area contributed by atoms with Crippen molar-refractivity contribution in [1.29, 1.82) is 0 Å². The Labute approximate surface area is 144 Å². The molecule has 6 nitrogen and oxygen atoms in total. The summed E-state index contributed by atoms with van der Waals surface area (Å²) in [7, 11) is 1.86. The number of carbonyl (C=O) groups is 2. The molecule has 0 radical (unpaired) electrons. The van der Waals surface area contributed by atoms with Crippen molar-refractivity contribution in [3.63, 3.8) is 0 Å². The molecule has 2 aromatic heterocycles. The second-order valence-electron chi connectivity index (χ2n) is 6.09. The quantitative estimate of drug-likeness (QED) is 0.840. The van der Waals surface area contributed by atoms with E-state index in [1.54, 1.807) is 6.26 Å². The van der Waals surface area contributed by atoms with E-state index in [1.807, 2.05) is 31.0 Å². The van der Waals surface area contributed by atoms with Crippen molar-refractivity contribution >= 4 is 28.2 Å². The van der Waals surface area contributed by atoms with E-state index in [0.717, 1.165) is 35.5 Å².